The molecule has 0 aliphatic carbocycles. The Balaban J connectivity index is 2.88. The largest absolute Gasteiger partial charge is 0.376 e. The molecule has 0 radical (unpaired) electrons. The van der Waals surface area contributed by atoms with Gasteiger partial charge in [0.2, 0.25) is 10.0 Å². The topological polar surface area (TPSA) is 62.3 Å². The molecule has 0 bridgehead atoms. The third-order valence-electron chi connectivity index (χ3n) is 2.09. The highest BCUT2D eigenvalue weighted by molar-refractivity contribution is 7.92. The van der Waals surface area contributed by atoms with Crippen LogP contribution in [0.1, 0.15) is 6.42 Å². The van der Waals surface area contributed by atoms with Crippen molar-refractivity contribution in [2.75, 3.05) is 35.4 Å². The van der Waals surface area contributed by atoms with Gasteiger partial charge in [0.25, 0.3) is 0 Å². The van der Waals surface area contributed by atoms with Crippen molar-refractivity contribution in [2.45, 2.75) is 6.42 Å². The first-order chi connectivity index (χ1) is 7.96. The van der Waals surface area contributed by atoms with Crippen LogP contribution >= 0.6 is 11.6 Å². The van der Waals surface area contributed by atoms with Gasteiger partial charge >= 0.3 is 0 Å². The van der Waals surface area contributed by atoms with E-state index in [1.165, 1.54) is 6.20 Å². The van der Waals surface area contributed by atoms with Crippen LogP contribution in [0, 0.1) is 0 Å². The molecule has 0 spiro atoms. The number of aromatic nitrogens is 1. The first kappa shape index (κ1) is 14.1. The molecule has 1 aromatic rings. The molecule has 96 valence electrons. The van der Waals surface area contributed by atoms with Gasteiger partial charge in [0, 0.05) is 26.2 Å². The van der Waals surface area contributed by atoms with Gasteiger partial charge < -0.3 is 4.90 Å². The number of sulfonamides is 1. The number of halogens is 1. The van der Waals surface area contributed by atoms with Gasteiger partial charge in [-0.05, 0) is 12.5 Å². The number of nitrogens with one attached hydrogen (secondary N) is 1. The zero-order chi connectivity index (χ0) is 12.9. The molecule has 5 nitrogen and oxygen atoms in total. The minimum Gasteiger partial charge on any atom is -0.376 e. The van der Waals surface area contributed by atoms with Crippen LogP contribution in [-0.4, -0.2) is 39.1 Å². The normalized spacial score (nSPS) is 11.2. The van der Waals surface area contributed by atoms with E-state index in [9.17, 15) is 8.42 Å². The van der Waals surface area contributed by atoms with Gasteiger partial charge in [-0.2, -0.15) is 0 Å². The lowest BCUT2D eigenvalue weighted by Gasteiger charge is -2.17. The van der Waals surface area contributed by atoms with E-state index in [2.05, 4.69) is 9.71 Å². The Morgan fingerprint density at radius 3 is 2.76 bits per heavy atom. The number of hydrogen-bond donors (Lipinski definition) is 1. The highest BCUT2D eigenvalue weighted by Crippen LogP contribution is 2.23. The van der Waals surface area contributed by atoms with E-state index in [1.807, 2.05) is 19.0 Å². The van der Waals surface area contributed by atoms with Crippen LogP contribution in [0.15, 0.2) is 18.5 Å². The third-order valence-corrected chi connectivity index (χ3v) is 3.72. The summed E-state index contributed by atoms with van der Waals surface area (Å²) < 4.78 is 25.9. The summed E-state index contributed by atoms with van der Waals surface area (Å²) in [6, 6.07) is 1.75. The Kier molecular flexibility index (Phi) is 5.02. The number of nitrogens with zero attached hydrogens (tertiary/aromatic N) is 2. The van der Waals surface area contributed by atoms with Crippen molar-refractivity contribution in [3.05, 3.63) is 18.5 Å². The Morgan fingerprint density at radius 2 is 2.18 bits per heavy atom. The number of anilines is 2. The van der Waals surface area contributed by atoms with Crippen LogP contribution in [0.5, 0.6) is 0 Å². The maximum Gasteiger partial charge on any atom is 0.232 e. The minimum absolute atomic E-state index is 0.0122. The molecule has 0 atom stereocenters. The molecular formula is C10H16ClN3O2S. The fraction of sp³-hybridized carbons (Fsp3) is 0.500. The monoisotopic (exact) mass is 277 g/mol. The summed E-state index contributed by atoms with van der Waals surface area (Å²) in [5.74, 6) is 0.340. The van der Waals surface area contributed by atoms with Gasteiger partial charge in [0.05, 0.1) is 23.3 Å². The van der Waals surface area contributed by atoms with Crippen LogP contribution < -0.4 is 9.62 Å². The quantitative estimate of drug-likeness (QED) is 0.801. The fourth-order valence-corrected chi connectivity index (χ4v) is 2.73. The second-order valence-electron chi connectivity index (χ2n) is 3.75. The van der Waals surface area contributed by atoms with Crippen LogP contribution in [0.4, 0.5) is 11.4 Å². The van der Waals surface area contributed by atoms with Crippen LogP contribution in [0.25, 0.3) is 0 Å². The highest BCUT2D eigenvalue weighted by atomic mass is 35.5. The first-order valence-electron chi connectivity index (χ1n) is 5.14. The van der Waals surface area contributed by atoms with E-state index in [1.54, 1.807) is 12.3 Å². The van der Waals surface area contributed by atoms with Crippen molar-refractivity contribution in [1.82, 2.24) is 4.98 Å². The highest BCUT2D eigenvalue weighted by Gasteiger charge is 2.13. The summed E-state index contributed by atoms with van der Waals surface area (Å²) in [5, 5.41) is 0. The predicted molar refractivity (Wildman–Crippen MR) is 71.3 cm³/mol. The Morgan fingerprint density at radius 1 is 1.47 bits per heavy atom. The van der Waals surface area contributed by atoms with Crippen molar-refractivity contribution < 1.29 is 8.42 Å². The molecule has 0 aliphatic rings. The van der Waals surface area contributed by atoms with Crippen molar-refractivity contribution in [3.8, 4) is 0 Å². The minimum atomic E-state index is -3.35. The number of rotatable bonds is 6. The molecule has 0 fully saturated rings. The molecule has 0 saturated heterocycles. The average Bonchev–Trinajstić information content (AvgIpc) is 2.26. The standard InChI is InChI=1S/C10H16ClN3O2S/c1-14(2)10-4-6-12-8-9(10)13-17(15,16)7-3-5-11/h4,6,8,13H,3,5,7H2,1-2H3. The summed E-state index contributed by atoms with van der Waals surface area (Å²) in [5.41, 5.74) is 1.25. The van der Waals surface area contributed by atoms with E-state index in [0.717, 1.165) is 5.69 Å². The number of pyridine rings is 1. The lowest BCUT2D eigenvalue weighted by Crippen LogP contribution is -2.20. The zero-order valence-electron chi connectivity index (χ0n) is 9.85. The lowest BCUT2D eigenvalue weighted by atomic mass is 10.3. The second-order valence-corrected chi connectivity index (χ2v) is 5.97. The predicted octanol–water partition coefficient (Wildman–Crippen LogP) is 1.52. The van der Waals surface area contributed by atoms with Crippen LogP contribution in [-0.2, 0) is 10.0 Å². The summed E-state index contributed by atoms with van der Waals surface area (Å²) in [7, 11) is 0.324. The molecule has 1 rings (SSSR count). The van der Waals surface area contributed by atoms with E-state index in [4.69, 9.17) is 11.6 Å². The molecular weight excluding hydrogens is 262 g/mol. The van der Waals surface area contributed by atoms with Crippen molar-refractivity contribution in [2.24, 2.45) is 0 Å². The fourth-order valence-electron chi connectivity index (χ4n) is 1.32. The summed E-state index contributed by atoms with van der Waals surface area (Å²) in [6.07, 6.45) is 3.54. The summed E-state index contributed by atoms with van der Waals surface area (Å²) >= 11 is 5.48. The van der Waals surface area contributed by atoms with E-state index in [0.29, 0.717) is 18.0 Å². The van der Waals surface area contributed by atoms with Gasteiger partial charge in [0.1, 0.15) is 0 Å². The third kappa shape index (κ3) is 4.40. The number of hydrogen-bond acceptors (Lipinski definition) is 4. The molecule has 1 heterocycles. The molecule has 0 aromatic carbocycles. The lowest BCUT2D eigenvalue weighted by molar-refractivity contribution is 0.600. The smallest absolute Gasteiger partial charge is 0.232 e. The Hall–Kier alpha value is -1.01. The molecule has 0 unspecified atom stereocenters. The van der Waals surface area contributed by atoms with E-state index in [-0.39, 0.29) is 5.75 Å². The molecule has 1 aromatic heterocycles. The Bertz CT molecular complexity index is 462. The molecule has 7 heteroatoms. The Labute approximate surface area is 107 Å². The van der Waals surface area contributed by atoms with Crippen molar-refractivity contribution in [1.29, 1.82) is 0 Å². The van der Waals surface area contributed by atoms with Crippen molar-refractivity contribution >= 4 is 33.0 Å². The van der Waals surface area contributed by atoms with Gasteiger partial charge in [-0.1, -0.05) is 0 Å². The van der Waals surface area contributed by atoms with Crippen LogP contribution in [0.2, 0.25) is 0 Å². The van der Waals surface area contributed by atoms with Crippen molar-refractivity contribution in [3.63, 3.8) is 0 Å². The maximum absolute atomic E-state index is 11.7. The summed E-state index contributed by atoms with van der Waals surface area (Å²) in [6.45, 7) is 0. The first-order valence-corrected chi connectivity index (χ1v) is 7.33. The molecule has 0 aliphatic heterocycles. The van der Waals surface area contributed by atoms with E-state index < -0.39 is 10.0 Å². The van der Waals surface area contributed by atoms with Gasteiger partial charge in [0.15, 0.2) is 0 Å². The molecule has 17 heavy (non-hydrogen) atoms. The van der Waals surface area contributed by atoms with Gasteiger partial charge in [-0.25, -0.2) is 8.42 Å². The van der Waals surface area contributed by atoms with Gasteiger partial charge in [-0.15, -0.1) is 11.6 Å². The van der Waals surface area contributed by atoms with E-state index >= 15 is 0 Å². The van der Waals surface area contributed by atoms with Crippen LogP contribution in [0.3, 0.4) is 0 Å². The zero-order valence-corrected chi connectivity index (χ0v) is 11.4. The maximum atomic E-state index is 11.7. The van der Waals surface area contributed by atoms with Gasteiger partial charge in [-0.3, -0.25) is 9.71 Å². The molecule has 0 amide bonds. The molecule has 1 N–H and O–H groups in total. The average molecular weight is 278 g/mol. The SMILES string of the molecule is CN(C)c1ccncc1NS(=O)(=O)CCCCl. The number of alkyl halides is 1. The molecule has 0 saturated carbocycles. The summed E-state index contributed by atoms with van der Waals surface area (Å²) in [4.78, 5) is 5.73. The second kappa shape index (κ2) is 6.07.